The number of nitrogens with zero attached hydrogens (tertiary/aromatic N) is 3. The molecule has 4 amide bonds. The number of halogens is 3. The maximum Gasteiger partial charge on any atom is 0.254 e. The van der Waals surface area contributed by atoms with E-state index in [0.29, 0.717) is 29.7 Å². The number of hydrogen-bond acceptors (Lipinski definition) is 7. The first-order valence-corrected chi connectivity index (χ1v) is 17.4. The summed E-state index contributed by atoms with van der Waals surface area (Å²) in [5.74, 6) is -4.61. The number of imide groups is 2. The van der Waals surface area contributed by atoms with Crippen molar-refractivity contribution in [3.63, 3.8) is 0 Å². The van der Waals surface area contributed by atoms with E-state index < -0.39 is 45.2 Å². The number of aromatic hydroxyl groups is 1. The van der Waals surface area contributed by atoms with Gasteiger partial charge in [0.25, 0.3) is 11.8 Å². The zero-order chi connectivity index (χ0) is 32.5. The van der Waals surface area contributed by atoms with Gasteiger partial charge in [0.15, 0.2) is 9.75 Å². The van der Waals surface area contributed by atoms with E-state index in [0.717, 1.165) is 24.5 Å². The number of carbonyl (C=O) groups is 4. The van der Waals surface area contributed by atoms with E-state index in [-0.39, 0.29) is 41.9 Å². The Morgan fingerprint density at radius 1 is 0.978 bits per heavy atom. The third-order valence-corrected chi connectivity index (χ3v) is 12.7. The van der Waals surface area contributed by atoms with Crippen molar-refractivity contribution in [2.24, 2.45) is 17.8 Å². The number of fused-ring (bicyclic) bond motifs is 4. The van der Waals surface area contributed by atoms with Crippen LogP contribution in [0.25, 0.3) is 0 Å². The fraction of sp³-hybridized carbons (Fsp3) is 0.471. The summed E-state index contributed by atoms with van der Waals surface area (Å²) in [4.78, 5) is 57.0. The lowest BCUT2D eigenvalue weighted by Gasteiger charge is -2.50. The number of ether oxygens (including phenoxy) is 1. The minimum atomic E-state index is -1.97. The molecule has 46 heavy (non-hydrogen) atoms. The summed E-state index contributed by atoms with van der Waals surface area (Å²) in [6, 6.07) is 14.7. The minimum Gasteiger partial charge on any atom is -0.508 e. The molecule has 3 aliphatic heterocycles. The molecule has 0 radical (unpaired) electrons. The predicted octanol–water partition coefficient (Wildman–Crippen LogP) is 4.78. The third kappa shape index (κ3) is 4.50. The zero-order valence-electron chi connectivity index (χ0n) is 25.2. The highest BCUT2D eigenvalue weighted by molar-refractivity contribution is 9.09. The number of benzene rings is 2. The third-order valence-electron chi connectivity index (χ3n) is 10.8. The Hall–Kier alpha value is -2.92. The number of carbonyl (C=O) groups excluding carboxylic acids is 4. The van der Waals surface area contributed by atoms with Gasteiger partial charge in [-0.05, 0) is 43.2 Å². The molecule has 242 valence electrons. The zero-order valence-corrected chi connectivity index (χ0v) is 28.3. The van der Waals surface area contributed by atoms with E-state index in [1.807, 2.05) is 24.3 Å². The van der Waals surface area contributed by atoms with E-state index in [2.05, 4.69) is 33.0 Å². The molecule has 6 atom stereocenters. The summed E-state index contributed by atoms with van der Waals surface area (Å²) in [6.45, 7) is 2.33. The molecule has 1 saturated carbocycles. The number of allylic oxidation sites excluding steroid dienone is 2. The summed E-state index contributed by atoms with van der Waals surface area (Å²) in [7, 11) is 1.47. The van der Waals surface area contributed by atoms with Crippen molar-refractivity contribution >= 4 is 62.8 Å². The first-order valence-electron chi connectivity index (χ1n) is 15.5. The van der Waals surface area contributed by atoms with Crippen LogP contribution in [0.3, 0.4) is 0 Å². The highest BCUT2D eigenvalue weighted by Gasteiger charge is 2.76. The van der Waals surface area contributed by atoms with Gasteiger partial charge in [-0.15, -0.1) is 23.2 Å². The summed E-state index contributed by atoms with van der Waals surface area (Å²) in [5, 5.41) is 11.2. The fourth-order valence-electron chi connectivity index (χ4n) is 8.55. The van der Waals surface area contributed by atoms with Crippen LogP contribution < -0.4 is 4.74 Å². The van der Waals surface area contributed by atoms with Crippen LogP contribution in [-0.4, -0.2) is 84.9 Å². The van der Waals surface area contributed by atoms with Crippen LogP contribution in [0.5, 0.6) is 11.5 Å². The average Bonchev–Trinajstić information content (AvgIpc) is 3.39. The van der Waals surface area contributed by atoms with Crippen molar-refractivity contribution in [1.82, 2.24) is 14.7 Å². The minimum absolute atomic E-state index is 0.0884. The number of methoxy groups -OCH3 is 1. The number of alkyl halides is 3. The molecular formula is C34H34BrCl2N3O6. The Balaban J connectivity index is 1.22. The molecule has 2 aliphatic carbocycles. The smallest absolute Gasteiger partial charge is 0.254 e. The van der Waals surface area contributed by atoms with Crippen molar-refractivity contribution < 1.29 is 29.0 Å². The van der Waals surface area contributed by atoms with Gasteiger partial charge < -0.3 is 9.84 Å². The van der Waals surface area contributed by atoms with Crippen molar-refractivity contribution in [3.8, 4) is 11.5 Å². The van der Waals surface area contributed by atoms with Crippen LogP contribution in [0.1, 0.15) is 42.7 Å². The molecule has 9 nitrogen and oxygen atoms in total. The van der Waals surface area contributed by atoms with Crippen LogP contribution in [0.4, 0.5) is 0 Å². The molecule has 0 spiro atoms. The Morgan fingerprint density at radius 3 is 2.35 bits per heavy atom. The van der Waals surface area contributed by atoms with Crippen molar-refractivity contribution in [3.05, 3.63) is 71.3 Å². The Morgan fingerprint density at radius 2 is 1.70 bits per heavy atom. The monoisotopic (exact) mass is 729 g/mol. The van der Waals surface area contributed by atoms with Gasteiger partial charge in [0.1, 0.15) is 11.5 Å². The van der Waals surface area contributed by atoms with Gasteiger partial charge in [0.2, 0.25) is 11.8 Å². The molecule has 12 heteroatoms. The van der Waals surface area contributed by atoms with E-state index in [1.54, 1.807) is 12.1 Å². The molecule has 0 aromatic heterocycles. The molecule has 2 aromatic rings. The molecule has 7 rings (SSSR count). The maximum absolute atomic E-state index is 14.4. The standard InChI is InChI=1S/C34H34BrCl2N3O6/c1-46-21-7-8-23(26(41)15-21)28-22-9-10-24-27(25(22)16-33(36)31(44)39(18-35)32(45)34(28,33)37)30(43)40(29(24)42)20-11-13-38(14-12-20)17-19-5-3-2-4-6-19/h2-9,15,20,24-25,27-28,41H,10-14,16-18H2,1H3/t24-,25+,27-,28+,33+,34-/m0/s1. The van der Waals surface area contributed by atoms with Crippen molar-refractivity contribution in [2.75, 3.05) is 25.7 Å². The van der Waals surface area contributed by atoms with Gasteiger partial charge in [0, 0.05) is 43.2 Å². The molecule has 3 heterocycles. The molecule has 2 aromatic carbocycles. The lowest BCUT2D eigenvalue weighted by atomic mass is 9.56. The Bertz CT molecular complexity index is 1650. The number of phenolic OH excluding ortho intramolecular Hbond substituents is 1. The topological polar surface area (TPSA) is 107 Å². The summed E-state index contributed by atoms with van der Waals surface area (Å²) < 4.78 is 5.28. The quantitative estimate of drug-likeness (QED) is 0.198. The van der Waals surface area contributed by atoms with Gasteiger partial charge in [-0.1, -0.05) is 64.0 Å². The molecule has 1 N–H and O–H groups in total. The lowest BCUT2D eigenvalue weighted by molar-refractivity contribution is -0.144. The van der Waals surface area contributed by atoms with Gasteiger partial charge >= 0.3 is 0 Å². The Labute approximate surface area is 285 Å². The van der Waals surface area contributed by atoms with E-state index >= 15 is 0 Å². The normalized spacial score (nSPS) is 33.2. The number of piperidine rings is 1. The SMILES string of the molecule is COc1ccc([C@H]2C3=CC[C@@H]4C(=O)N(C5CCN(Cc6ccccc6)CC5)C(=O)[C@@H]4[C@@H]3C[C@@]3(Cl)C(=O)N(CBr)C(=O)[C@@]23Cl)c(O)c1. The van der Waals surface area contributed by atoms with Crippen LogP contribution in [0.15, 0.2) is 60.2 Å². The van der Waals surface area contributed by atoms with Crippen LogP contribution >= 0.6 is 39.1 Å². The van der Waals surface area contributed by atoms with E-state index in [9.17, 15) is 24.3 Å². The summed E-state index contributed by atoms with van der Waals surface area (Å²) in [5.41, 5.74) is 2.05. The van der Waals surface area contributed by atoms with Gasteiger partial charge in [-0.3, -0.25) is 33.9 Å². The Kier molecular flexibility index (Phi) is 8.02. The second-order valence-corrected chi connectivity index (χ2v) is 14.7. The van der Waals surface area contributed by atoms with Crippen LogP contribution in [0, 0.1) is 17.8 Å². The van der Waals surface area contributed by atoms with Crippen molar-refractivity contribution in [2.45, 2.75) is 53.9 Å². The number of rotatable bonds is 6. The van der Waals surface area contributed by atoms with Crippen molar-refractivity contribution in [1.29, 1.82) is 0 Å². The molecule has 0 unspecified atom stereocenters. The first-order chi connectivity index (χ1) is 22.0. The lowest BCUT2D eigenvalue weighted by Crippen LogP contribution is -2.60. The van der Waals surface area contributed by atoms with Crippen LogP contribution in [-0.2, 0) is 25.7 Å². The van der Waals surface area contributed by atoms with E-state index in [1.165, 1.54) is 23.6 Å². The van der Waals surface area contributed by atoms with Gasteiger partial charge in [0.05, 0.1) is 24.4 Å². The molecule has 3 saturated heterocycles. The number of phenols is 1. The average molecular weight is 731 g/mol. The summed E-state index contributed by atoms with van der Waals surface area (Å²) in [6.07, 6.45) is 3.43. The van der Waals surface area contributed by atoms with E-state index in [4.69, 9.17) is 27.9 Å². The maximum atomic E-state index is 14.4. The fourth-order valence-corrected chi connectivity index (χ4v) is 9.97. The molecule has 4 fully saturated rings. The molecular weight excluding hydrogens is 697 g/mol. The number of hydrogen-bond donors (Lipinski definition) is 1. The number of amides is 4. The predicted molar refractivity (Wildman–Crippen MR) is 175 cm³/mol. The second kappa shape index (κ2) is 11.6. The van der Waals surface area contributed by atoms with Crippen LogP contribution in [0.2, 0.25) is 0 Å². The largest absolute Gasteiger partial charge is 0.508 e. The first kappa shape index (κ1) is 31.7. The second-order valence-electron chi connectivity index (χ2n) is 13.0. The number of likely N-dealkylation sites (tertiary alicyclic amines) is 3. The highest BCUT2D eigenvalue weighted by Crippen LogP contribution is 2.66. The van der Waals surface area contributed by atoms with Gasteiger partial charge in [-0.25, -0.2) is 0 Å². The molecule has 5 aliphatic rings. The van der Waals surface area contributed by atoms with Gasteiger partial charge in [-0.2, -0.15) is 0 Å². The highest BCUT2D eigenvalue weighted by atomic mass is 79.9. The molecule has 0 bridgehead atoms. The summed E-state index contributed by atoms with van der Waals surface area (Å²) >= 11 is 17.8.